The number of aliphatic carboxylic acids is 1. The minimum atomic E-state index is -1.31. The van der Waals surface area contributed by atoms with Crippen LogP contribution in [0, 0.1) is 0 Å². The first kappa shape index (κ1) is 26.7. The molecule has 8 heteroatoms. The zero-order chi connectivity index (χ0) is 27.3. The fraction of sp³-hybridized carbons (Fsp3) is 0.483. The lowest BCUT2D eigenvalue weighted by molar-refractivity contribution is -0.425. The fourth-order valence-corrected chi connectivity index (χ4v) is 4.75. The number of carboxylic acids is 1. The van der Waals surface area contributed by atoms with Crippen molar-refractivity contribution in [2.75, 3.05) is 13.6 Å². The first-order chi connectivity index (χ1) is 18.4. The molecule has 2 fully saturated rings. The number of carboxylic acid groups (broad SMARTS) is 1. The van der Waals surface area contributed by atoms with Crippen LogP contribution < -0.4 is 10.8 Å². The lowest BCUT2D eigenvalue weighted by atomic mass is 9.97. The molecule has 1 saturated heterocycles. The van der Waals surface area contributed by atoms with Gasteiger partial charge in [-0.05, 0) is 49.7 Å². The van der Waals surface area contributed by atoms with Crippen LogP contribution >= 0.6 is 0 Å². The van der Waals surface area contributed by atoms with Crippen molar-refractivity contribution in [2.45, 2.75) is 76.1 Å². The number of nitrogens with zero attached hydrogens (tertiary/aromatic N) is 2. The van der Waals surface area contributed by atoms with Gasteiger partial charge in [-0.25, -0.2) is 4.79 Å². The van der Waals surface area contributed by atoms with E-state index in [4.69, 9.17) is 6.11 Å². The fourth-order valence-electron chi connectivity index (χ4n) is 4.75. The van der Waals surface area contributed by atoms with E-state index in [9.17, 15) is 19.5 Å². The molecule has 37 heavy (non-hydrogen) atoms. The smallest absolute Gasteiger partial charge is 0.410 e. The molecule has 8 nitrogen and oxygen atoms in total. The number of benzene rings is 2. The van der Waals surface area contributed by atoms with Crippen molar-refractivity contribution in [3.05, 3.63) is 71.8 Å². The van der Waals surface area contributed by atoms with E-state index < -0.39 is 37.1 Å². The van der Waals surface area contributed by atoms with E-state index in [1.807, 2.05) is 48.5 Å². The van der Waals surface area contributed by atoms with Gasteiger partial charge >= 0.3 is 6.09 Å². The zero-order valence-corrected chi connectivity index (χ0v) is 21.4. The van der Waals surface area contributed by atoms with Crippen LogP contribution in [0.2, 0.25) is 0 Å². The van der Waals surface area contributed by atoms with Gasteiger partial charge in [-0.1, -0.05) is 67.1 Å². The largest absolute Gasteiger partial charge is 0.548 e. The molecule has 2 aromatic rings. The quantitative estimate of drug-likeness (QED) is 0.613. The molecular formula is C29H39N3O5. The van der Waals surface area contributed by atoms with E-state index in [2.05, 4.69) is 5.73 Å². The maximum Gasteiger partial charge on any atom is 0.410 e. The van der Waals surface area contributed by atoms with Crippen molar-refractivity contribution in [1.82, 2.24) is 9.80 Å². The molecule has 2 atom stereocenters. The number of hydrogen-bond acceptors (Lipinski definition) is 5. The van der Waals surface area contributed by atoms with E-state index in [0.29, 0.717) is 12.8 Å². The highest BCUT2D eigenvalue weighted by molar-refractivity contribution is 5.89. The van der Waals surface area contributed by atoms with Crippen LogP contribution in [0.1, 0.15) is 57.4 Å². The van der Waals surface area contributed by atoms with Gasteiger partial charge in [-0.15, -0.1) is 0 Å². The summed E-state index contributed by atoms with van der Waals surface area (Å²) >= 11 is 0. The van der Waals surface area contributed by atoms with Gasteiger partial charge in [0, 0.05) is 21.4 Å². The number of quaternary nitrogens is 1. The number of rotatable bonds is 7. The number of amides is 2. The Hall–Kier alpha value is -3.39. The summed E-state index contributed by atoms with van der Waals surface area (Å²) in [6, 6.07) is 16.9. The third kappa shape index (κ3) is 8.60. The lowest BCUT2D eigenvalue weighted by Gasteiger charge is -2.33. The molecule has 4 rings (SSSR count). The Labute approximate surface area is 220 Å². The molecule has 2 aliphatic rings. The third-order valence-electron chi connectivity index (χ3n) is 6.91. The van der Waals surface area contributed by atoms with Crippen molar-refractivity contribution >= 4 is 18.0 Å². The lowest BCUT2D eigenvalue weighted by Crippen LogP contribution is -2.61. The molecule has 2 amide bonds. The topological polar surface area (TPSA) is 118 Å². The predicted octanol–water partition coefficient (Wildman–Crippen LogP) is 2.17. The summed E-state index contributed by atoms with van der Waals surface area (Å²) in [5.41, 5.74) is 5.57. The average molecular weight is 511 g/mol. The van der Waals surface area contributed by atoms with Gasteiger partial charge < -0.3 is 25.3 Å². The van der Waals surface area contributed by atoms with Crippen LogP contribution in [0.15, 0.2) is 60.7 Å². The monoisotopic (exact) mass is 510 g/mol. The summed E-state index contributed by atoms with van der Waals surface area (Å²) < 4.78 is 13.2. The zero-order valence-electron chi connectivity index (χ0n) is 22.4. The molecule has 0 spiro atoms. The van der Waals surface area contributed by atoms with Crippen LogP contribution in [-0.2, 0) is 27.4 Å². The summed E-state index contributed by atoms with van der Waals surface area (Å²) in [6.07, 6.45) is 7.26. The van der Waals surface area contributed by atoms with Gasteiger partial charge in [0.25, 0.3) is 0 Å². The summed E-state index contributed by atoms with van der Waals surface area (Å²) in [5, 5.41) is 11.5. The highest BCUT2D eigenvalue weighted by Crippen LogP contribution is 2.21. The Morgan fingerprint density at radius 3 is 2.16 bits per heavy atom. The second-order valence-electron chi connectivity index (χ2n) is 9.73. The van der Waals surface area contributed by atoms with Crippen LogP contribution in [0.25, 0.3) is 0 Å². The molecular weight excluding hydrogens is 470 g/mol. The molecule has 1 heterocycles. The molecule has 0 aromatic heterocycles. The first-order valence-corrected chi connectivity index (χ1v) is 13.1. The van der Waals surface area contributed by atoms with E-state index in [1.165, 1.54) is 37.0 Å². The summed E-state index contributed by atoms with van der Waals surface area (Å²) in [5.74, 6) is -1.83. The SMILES string of the molecule is [2H]CN(C(=O)OCc1ccccc1)[C@@H](Cc1ccccc1)C(=O)N1CCC[C@H]1C(=O)[O-].[NH3+]C1CCCCC1. The molecule has 200 valence electrons. The van der Waals surface area contributed by atoms with Crippen LogP contribution in [0.4, 0.5) is 4.79 Å². The highest BCUT2D eigenvalue weighted by Gasteiger charge is 2.37. The summed E-state index contributed by atoms with van der Waals surface area (Å²) in [7, 11) is -0.499. The number of hydrogen-bond donors (Lipinski definition) is 1. The molecule has 3 N–H and O–H groups in total. The maximum atomic E-state index is 13.3. The van der Waals surface area contributed by atoms with Crippen LogP contribution in [0.5, 0.6) is 0 Å². The van der Waals surface area contributed by atoms with Crippen molar-refractivity contribution in [1.29, 1.82) is 0 Å². The Bertz CT molecular complexity index is 1020. The molecule has 1 aliphatic heterocycles. The van der Waals surface area contributed by atoms with Gasteiger partial charge in [0.1, 0.15) is 12.6 Å². The van der Waals surface area contributed by atoms with E-state index in [1.54, 1.807) is 12.1 Å². The van der Waals surface area contributed by atoms with Crippen molar-refractivity contribution in [3.8, 4) is 0 Å². The van der Waals surface area contributed by atoms with Crippen LogP contribution in [-0.4, -0.2) is 59.5 Å². The number of likely N-dealkylation sites (tertiary alicyclic amines) is 1. The first-order valence-electron chi connectivity index (χ1n) is 13.8. The van der Waals surface area contributed by atoms with Gasteiger partial charge in [0.2, 0.25) is 5.91 Å². The van der Waals surface area contributed by atoms with Crippen LogP contribution in [0.3, 0.4) is 0 Å². The van der Waals surface area contributed by atoms with Gasteiger partial charge in [0.15, 0.2) is 0 Å². The Morgan fingerprint density at radius 2 is 1.62 bits per heavy atom. The molecule has 0 radical (unpaired) electrons. The number of ether oxygens (including phenoxy) is 1. The van der Waals surface area contributed by atoms with E-state index >= 15 is 0 Å². The van der Waals surface area contributed by atoms with E-state index in [-0.39, 0.29) is 19.6 Å². The Kier molecular flexibility index (Phi) is 10.4. The number of carbonyl (C=O) groups excluding carboxylic acids is 3. The van der Waals surface area contributed by atoms with Gasteiger partial charge in [0.05, 0.1) is 18.1 Å². The highest BCUT2D eigenvalue weighted by atomic mass is 16.6. The third-order valence-corrected chi connectivity index (χ3v) is 6.91. The predicted molar refractivity (Wildman–Crippen MR) is 138 cm³/mol. The molecule has 1 aliphatic carbocycles. The second kappa shape index (κ2) is 14.4. The standard InChI is InChI=1S/C23H26N2O5.C6H13N/c1-24(23(29)30-16-18-11-6-3-7-12-18)20(15-17-9-4-2-5-10-17)21(26)25-14-8-13-19(25)22(27)28;7-6-4-2-1-3-5-6/h2-7,9-12,19-20H,8,13-16H2,1H3,(H,27,28);6H,1-5,7H2/t19-,20-;/m0./s1/i1D;. The molecule has 2 aromatic carbocycles. The van der Waals surface area contributed by atoms with Gasteiger partial charge in [-0.2, -0.15) is 0 Å². The Balaban J connectivity index is 0.000000494. The molecule has 1 saturated carbocycles. The maximum absolute atomic E-state index is 13.3. The van der Waals surface area contributed by atoms with E-state index in [0.717, 1.165) is 22.1 Å². The molecule has 0 unspecified atom stereocenters. The normalized spacial score (nSPS) is 18.7. The second-order valence-corrected chi connectivity index (χ2v) is 9.73. The molecule has 0 bridgehead atoms. The number of likely N-dealkylation sites (N-methyl/N-ethyl adjacent to an activating group) is 1. The summed E-state index contributed by atoms with van der Waals surface area (Å²) in [4.78, 5) is 39.9. The number of carbonyl (C=O) groups is 3. The minimum Gasteiger partial charge on any atom is -0.548 e. The van der Waals surface area contributed by atoms with Crippen molar-refractivity contribution in [3.63, 3.8) is 0 Å². The van der Waals surface area contributed by atoms with Crippen molar-refractivity contribution in [2.24, 2.45) is 0 Å². The van der Waals surface area contributed by atoms with Gasteiger partial charge in [-0.3, -0.25) is 9.69 Å². The summed E-state index contributed by atoms with van der Waals surface area (Å²) in [6.45, 7) is 0.279. The minimum absolute atomic E-state index is 0.00774. The Morgan fingerprint density at radius 1 is 1.00 bits per heavy atom. The average Bonchev–Trinajstić information content (AvgIpc) is 3.44. The van der Waals surface area contributed by atoms with Crippen molar-refractivity contribution < 1.29 is 31.3 Å².